The molecule has 6 nitrogen and oxygen atoms in total. The number of nitrogen functional groups attached to an aromatic ring is 1. The quantitative estimate of drug-likeness (QED) is 0.662. The molecular weight excluding hydrogens is 266 g/mol. The van der Waals surface area contributed by atoms with E-state index in [9.17, 15) is 10.2 Å². The van der Waals surface area contributed by atoms with Crippen molar-refractivity contribution < 1.29 is 14.9 Å². The number of hydrogen-bond donors (Lipinski definition) is 3. The van der Waals surface area contributed by atoms with E-state index in [4.69, 9.17) is 10.5 Å². The highest BCUT2D eigenvalue weighted by molar-refractivity contribution is 9.09. The van der Waals surface area contributed by atoms with Crippen molar-refractivity contribution in [2.45, 2.75) is 12.2 Å². The Morgan fingerprint density at radius 2 is 2.27 bits per heavy atom. The number of aliphatic hydroxyl groups is 2. The molecule has 0 aliphatic rings. The fraction of sp³-hybridized carbons (Fsp3) is 0.500. The van der Waals surface area contributed by atoms with Gasteiger partial charge in [-0.2, -0.15) is 0 Å². The van der Waals surface area contributed by atoms with Crippen molar-refractivity contribution >= 4 is 21.7 Å². The average Bonchev–Trinajstić information content (AvgIpc) is 2.27. The highest BCUT2D eigenvalue weighted by Crippen LogP contribution is 2.21. The number of nitrogens with two attached hydrogens (primary N) is 1. The highest BCUT2D eigenvalue weighted by Gasteiger charge is 2.20. The minimum atomic E-state index is -1.12. The van der Waals surface area contributed by atoms with Gasteiger partial charge >= 0.3 is 0 Å². The van der Waals surface area contributed by atoms with Crippen LogP contribution in [0.15, 0.2) is 6.20 Å². The van der Waals surface area contributed by atoms with Crippen LogP contribution in [0.1, 0.15) is 11.8 Å². The molecule has 2 atom stereocenters. The third kappa shape index (κ3) is 2.77. The molecular formula is C8H12BrN3O3. The Morgan fingerprint density at radius 1 is 1.60 bits per heavy atom. The second-order valence-electron chi connectivity index (χ2n) is 2.86. The summed E-state index contributed by atoms with van der Waals surface area (Å²) in [6.07, 6.45) is -0.770. The van der Waals surface area contributed by atoms with E-state index in [0.717, 1.165) is 0 Å². The predicted molar refractivity (Wildman–Crippen MR) is 57.8 cm³/mol. The van der Waals surface area contributed by atoms with Crippen LogP contribution in [0.4, 0.5) is 5.82 Å². The van der Waals surface area contributed by atoms with Crippen molar-refractivity contribution in [3.8, 4) is 5.88 Å². The fourth-order valence-electron chi connectivity index (χ4n) is 0.969. The van der Waals surface area contributed by atoms with Crippen LogP contribution < -0.4 is 10.5 Å². The van der Waals surface area contributed by atoms with Gasteiger partial charge in [-0.05, 0) is 0 Å². The first-order valence-corrected chi connectivity index (χ1v) is 5.30. The number of aromatic nitrogens is 2. The molecule has 1 aromatic rings. The lowest BCUT2D eigenvalue weighted by Gasteiger charge is -2.15. The molecule has 1 rings (SSSR count). The van der Waals surface area contributed by atoms with Crippen molar-refractivity contribution in [3.63, 3.8) is 0 Å². The third-order valence-corrected chi connectivity index (χ3v) is 2.47. The van der Waals surface area contributed by atoms with Crippen molar-refractivity contribution in [2.24, 2.45) is 0 Å². The zero-order valence-electron chi connectivity index (χ0n) is 8.09. The summed E-state index contributed by atoms with van der Waals surface area (Å²) in [6, 6.07) is 0. The molecule has 0 aliphatic carbocycles. The molecule has 0 amide bonds. The van der Waals surface area contributed by atoms with Crippen LogP contribution in [-0.4, -0.2) is 38.7 Å². The van der Waals surface area contributed by atoms with Crippen molar-refractivity contribution in [3.05, 3.63) is 11.9 Å². The van der Waals surface area contributed by atoms with Gasteiger partial charge in [-0.25, -0.2) is 9.97 Å². The van der Waals surface area contributed by atoms with Gasteiger partial charge < -0.3 is 20.7 Å². The molecule has 15 heavy (non-hydrogen) atoms. The van der Waals surface area contributed by atoms with Gasteiger partial charge in [0.25, 0.3) is 5.88 Å². The summed E-state index contributed by atoms with van der Waals surface area (Å²) in [5, 5.41) is 19.2. The van der Waals surface area contributed by atoms with Crippen LogP contribution in [0.25, 0.3) is 0 Å². The number of alkyl halides is 1. The van der Waals surface area contributed by atoms with Gasteiger partial charge in [0.15, 0.2) is 5.82 Å². The molecule has 1 aromatic heterocycles. The number of halogens is 1. The smallest absolute Gasteiger partial charge is 0.257 e. The van der Waals surface area contributed by atoms with E-state index in [1.165, 1.54) is 13.3 Å². The maximum atomic E-state index is 9.62. The van der Waals surface area contributed by atoms with Crippen molar-refractivity contribution in [1.29, 1.82) is 0 Å². The molecule has 0 saturated carbocycles. The van der Waals surface area contributed by atoms with E-state index in [0.29, 0.717) is 0 Å². The van der Waals surface area contributed by atoms with Crippen molar-refractivity contribution in [1.82, 2.24) is 9.97 Å². The molecule has 0 spiro atoms. The Bertz CT molecular complexity index is 337. The molecule has 0 bridgehead atoms. The van der Waals surface area contributed by atoms with Gasteiger partial charge in [-0.3, -0.25) is 0 Å². The largest absolute Gasteiger partial charge is 0.478 e. The fourth-order valence-corrected chi connectivity index (χ4v) is 1.32. The summed E-state index contributed by atoms with van der Waals surface area (Å²) in [5.41, 5.74) is 5.67. The minimum absolute atomic E-state index is 0.133. The average molecular weight is 278 g/mol. The van der Waals surface area contributed by atoms with Gasteiger partial charge in [-0.15, -0.1) is 0 Å². The van der Waals surface area contributed by atoms with E-state index in [1.807, 2.05) is 0 Å². The first-order chi connectivity index (χ1) is 7.10. The topological polar surface area (TPSA) is 101 Å². The summed E-state index contributed by atoms with van der Waals surface area (Å²) in [7, 11) is 1.40. The van der Waals surface area contributed by atoms with E-state index in [2.05, 4.69) is 25.9 Å². The lowest BCUT2D eigenvalue weighted by Crippen LogP contribution is -2.21. The number of ether oxygens (including phenoxy) is 1. The van der Waals surface area contributed by atoms with Gasteiger partial charge in [-0.1, -0.05) is 15.9 Å². The molecule has 0 saturated heterocycles. The molecule has 84 valence electrons. The number of anilines is 1. The number of hydrogen-bond acceptors (Lipinski definition) is 6. The molecule has 0 fully saturated rings. The second-order valence-corrected chi connectivity index (χ2v) is 3.50. The third-order valence-electron chi connectivity index (χ3n) is 1.80. The SMILES string of the molecule is COc1nc(C(O)C(O)CBr)cnc1N. The van der Waals surface area contributed by atoms with Crippen LogP contribution >= 0.6 is 15.9 Å². The molecule has 1 heterocycles. The number of nitrogens with zero attached hydrogens (tertiary/aromatic N) is 2. The Labute approximate surface area is 95.2 Å². The Hall–Kier alpha value is -0.920. The van der Waals surface area contributed by atoms with Crippen LogP contribution in [0.3, 0.4) is 0 Å². The Balaban J connectivity index is 2.95. The highest BCUT2D eigenvalue weighted by atomic mass is 79.9. The molecule has 4 N–H and O–H groups in total. The monoisotopic (exact) mass is 277 g/mol. The first kappa shape index (κ1) is 12.2. The minimum Gasteiger partial charge on any atom is -0.478 e. The van der Waals surface area contributed by atoms with Crippen molar-refractivity contribution in [2.75, 3.05) is 18.2 Å². The second kappa shape index (κ2) is 5.24. The molecule has 2 unspecified atom stereocenters. The Kier molecular flexibility index (Phi) is 4.25. The number of methoxy groups -OCH3 is 1. The van der Waals surface area contributed by atoms with Gasteiger partial charge in [0.2, 0.25) is 0 Å². The maximum absolute atomic E-state index is 9.62. The number of rotatable bonds is 4. The summed E-state index contributed by atoms with van der Waals surface area (Å²) in [6.45, 7) is 0. The molecule has 0 aliphatic heterocycles. The Morgan fingerprint density at radius 3 is 2.80 bits per heavy atom. The van der Waals surface area contributed by atoms with E-state index < -0.39 is 12.2 Å². The number of aliphatic hydroxyl groups excluding tert-OH is 2. The summed E-state index contributed by atoms with van der Waals surface area (Å²) in [5.74, 6) is 0.273. The van der Waals surface area contributed by atoms with Gasteiger partial charge in [0.1, 0.15) is 6.10 Å². The lowest BCUT2D eigenvalue weighted by atomic mass is 10.2. The maximum Gasteiger partial charge on any atom is 0.257 e. The zero-order chi connectivity index (χ0) is 11.4. The van der Waals surface area contributed by atoms with Gasteiger partial charge in [0.05, 0.1) is 25.1 Å². The van der Waals surface area contributed by atoms with Crippen LogP contribution in [0, 0.1) is 0 Å². The van der Waals surface area contributed by atoms with E-state index in [-0.39, 0.29) is 22.7 Å². The molecule has 7 heteroatoms. The standard InChI is InChI=1S/C8H12BrN3O3/c1-15-8-7(10)11-3-4(12-8)6(14)5(13)2-9/h3,5-6,13-14H,2H2,1H3,(H2,10,11). The normalized spacial score (nSPS) is 14.7. The van der Waals surface area contributed by atoms with Crippen LogP contribution in [0.2, 0.25) is 0 Å². The van der Waals surface area contributed by atoms with Crippen LogP contribution in [-0.2, 0) is 0 Å². The zero-order valence-corrected chi connectivity index (χ0v) is 9.68. The summed E-state index contributed by atoms with van der Waals surface area (Å²) >= 11 is 3.05. The van der Waals surface area contributed by atoms with Gasteiger partial charge in [0, 0.05) is 5.33 Å². The lowest BCUT2D eigenvalue weighted by molar-refractivity contribution is 0.0310. The molecule has 0 aromatic carbocycles. The predicted octanol–water partition coefficient (Wildman–Crippen LogP) is -0.143. The van der Waals surface area contributed by atoms with Crippen LogP contribution in [0.5, 0.6) is 5.88 Å². The summed E-state index contributed by atoms with van der Waals surface area (Å²) in [4.78, 5) is 7.71. The summed E-state index contributed by atoms with van der Waals surface area (Å²) < 4.78 is 4.85. The molecule has 0 radical (unpaired) electrons. The first-order valence-electron chi connectivity index (χ1n) is 4.18. The van der Waals surface area contributed by atoms with E-state index >= 15 is 0 Å². The van der Waals surface area contributed by atoms with E-state index in [1.54, 1.807) is 0 Å².